The van der Waals surface area contributed by atoms with Crippen LogP contribution in [0.5, 0.6) is 0 Å². The number of esters is 1. The van der Waals surface area contributed by atoms with E-state index in [0.29, 0.717) is 42.9 Å². The highest BCUT2D eigenvalue weighted by Crippen LogP contribution is 2.33. The van der Waals surface area contributed by atoms with Crippen LogP contribution in [0.3, 0.4) is 0 Å². The van der Waals surface area contributed by atoms with Gasteiger partial charge in [-0.05, 0) is 56.0 Å². The number of anilines is 2. The van der Waals surface area contributed by atoms with Gasteiger partial charge in [0.1, 0.15) is 10.3 Å². The maximum absolute atomic E-state index is 13.8. The Hall–Kier alpha value is -3.40. The predicted molar refractivity (Wildman–Crippen MR) is 157 cm³/mol. The second-order valence-corrected chi connectivity index (χ2v) is 11.9. The first-order valence-electron chi connectivity index (χ1n) is 13.3. The molecule has 0 radical (unpaired) electrons. The number of rotatable bonds is 10. The lowest BCUT2D eigenvalue weighted by Gasteiger charge is -2.34. The van der Waals surface area contributed by atoms with Crippen molar-refractivity contribution in [2.75, 3.05) is 29.9 Å². The van der Waals surface area contributed by atoms with Crippen LogP contribution < -0.4 is 14.9 Å². The number of halogens is 1. The number of carbonyl (C=O) groups is 2. The van der Waals surface area contributed by atoms with Gasteiger partial charge in [0, 0.05) is 24.8 Å². The third-order valence-electron chi connectivity index (χ3n) is 6.85. The number of nitrogens with zero attached hydrogens (tertiary/aromatic N) is 1. The molecule has 1 saturated heterocycles. The van der Waals surface area contributed by atoms with E-state index in [0.717, 1.165) is 5.56 Å². The minimum absolute atomic E-state index is 0.00317. The number of alkyl halides is 1. The number of piperidine rings is 1. The lowest BCUT2D eigenvalue weighted by molar-refractivity contribution is -0.148. The van der Waals surface area contributed by atoms with Gasteiger partial charge in [-0.2, -0.15) is 0 Å². The number of sulfonamides is 1. The van der Waals surface area contributed by atoms with Gasteiger partial charge in [0.05, 0.1) is 18.2 Å². The number of hydrogen-bond donors (Lipinski definition) is 2. The molecule has 1 heterocycles. The fourth-order valence-electron chi connectivity index (χ4n) is 4.80. The van der Waals surface area contributed by atoms with Crippen LogP contribution in [0.1, 0.15) is 49.2 Å². The van der Waals surface area contributed by atoms with Gasteiger partial charge in [-0.3, -0.25) is 9.59 Å². The number of nitrogens with one attached hydrogen (secondary N) is 2. The Morgan fingerprint density at radius 3 is 2.33 bits per heavy atom. The van der Waals surface area contributed by atoms with E-state index in [9.17, 15) is 18.0 Å². The number of amides is 1. The first-order chi connectivity index (χ1) is 19.2. The normalized spacial score (nSPS) is 17.1. The van der Waals surface area contributed by atoms with Crippen molar-refractivity contribution in [1.82, 2.24) is 4.72 Å². The molecule has 0 aliphatic carbocycles. The van der Waals surface area contributed by atoms with E-state index < -0.39 is 27.3 Å². The Balaban J connectivity index is 1.66. The number of carbonyl (C=O) groups excluding carboxylic acids is 2. The molecule has 0 aromatic heterocycles. The number of benzene rings is 3. The zero-order chi connectivity index (χ0) is 28.7. The van der Waals surface area contributed by atoms with Crippen LogP contribution in [0.2, 0.25) is 0 Å². The Morgan fingerprint density at radius 1 is 1.02 bits per heavy atom. The summed E-state index contributed by atoms with van der Waals surface area (Å²) >= 11 is 6.40. The molecule has 3 aromatic carbocycles. The highest BCUT2D eigenvalue weighted by Gasteiger charge is 2.31. The van der Waals surface area contributed by atoms with Gasteiger partial charge in [-0.1, -0.05) is 60.7 Å². The molecule has 2 N–H and O–H groups in total. The molecule has 10 heteroatoms. The largest absolute Gasteiger partial charge is 0.466 e. The summed E-state index contributed by atoms with van der Waals surface area (Å²) in [5.74, 6) is -1.12. The van der Waals surface area contributed by atoms with Gasteiger partial charge < -0.3 is 15.0 Å². The van der Waals surface area contributed by atoms with E-state index in [1.807, 2.05) is 41.3 Å². The van der Waals surface area contributed by atoms with E-state index >= 15 is 0 Å². The summed E-state index contributed by atoms with van der Waals surface area (Å²) in [7, 11) is -4.06. The quantitative estimate of drug-likeness (QED) is 0.244. The molecular formula is C30H34ClN3O5S. The highest BCUT2D eigenvalue weighted by molar-refractivity contribution is 7.89. The summed E-state index contributed by atoms with van der Waals surface area (Å²) in [5, 5.41) is 1.80. The molecule has 1 amide bonds. The minimum Gasteiger partial charge on any atom is -0.466 e. The summed E-state index contributed by atoms with van der Waals surface area (Å²) < 4.78 is 35.6. The lowest BCUT2D eigenvalue weighted by Crippen LogP contribution is -2.40. The standard InChI is InChI=1S/C30H34ClN3O5S/c1-3-39-30(36)24-15-10-18-34(20-24)26-17-16-25(32-29(35)28(31)23-13-8-5-9-14-23)19-27(26)40(37,38)33-21(2)22-11-6-4-7-12-22/h4-9,11-14,16-17,19,21,24,28,33H,3,10,15,18,20H2,1-2H3,(H,32,35)/t21-,24+,28-/m0/s1. The molecule has 0 unspecified atom stereocenters. The third-order valence-corrected chi connectivity index (χ3v) is 8.87. The molecule has 3 atom stereocenters. The topological polar surface area (TPSA) is 105 Å². The Labute approximate surface area is 240 Å². The fraction of sp³-hybridized carbons (Fsp3) is 0.333. The predicted octanol–water partition coefficient (Wildman–Crippen LogP) is 5.42. The average molecular weight is 584 g/mol. The maximum atomic E-state index is 13.8. The molecule has 1 aliphatic heterocycles. The molecule has 1 fully saturated rings. The van der Waals surface area contributed by atoms with Crippen molar-refractivity contribution in [2.45, 2.75) is 43.0 Å². The maximum Gasteiger partial charge on any atom is 0.310 e. The summed E-state index contributed by atoms with van der Waals surface area (Å²) in [5.41, 5.74) is 2.18. The Kier molecular flexibility index (Phi) is 9.84. The zero-order valence-electron chi connectivity index (χ0n) is 22.5. The Bertz CT molecular complexity index is 1420. The van der Waals surface area contributed by atoms with E-state index in [1.165, 1.54) is 6.07 Å². The van der Waals surface area contributed by atoms with Gasteiger partial charge in [-0.25, -0.2) is 13.1 Å². The van der Waals surface area contributed by atoms with Crippen molar-refractivity contribution in [3.8, 4) is 0 Å². The van der Waals surface area contributed by atoms with Gasteiger partial charge in [0.15, 0.2) is 0 Å². The van der Waals surface area contributed by atoms with Crippen LogP contribution in [0.4, 0.5) is 11.4 Å². The van der Waals surface area contributed by atoms with Crippen molar-refractivity contribution >= 4 is 44.9 Å². The zero-order valence-corrected chi connectivity index (χ0v) is 24.1. The van der Waals surface area contributed by atoms with E-state index in [1.54, 1.807) is 50.2 Å². The highest BCUT2D eigenvalue weighted by atomic mass is 35.5. The van der Waals surface area contributed by atoms with E-state index in [2.05, 4.69) is 10.0 Å². The van der Waals surface area contributed by atoms with E-state index in [-0.39, 0.29) is 23.4 Å². The monoisotopic (exact) mass is 583 g/mol. The third kappa shape index (κ3) is 7.21. The van der Waals surface area contributed by atoms with E-state index in [4.69, 9.17) is 16.3 Å². The van der Waals surface area contributed by atoms with Gasteiger partial charge >= 0.3 is 5.97 Å². The van der Waals surface area contributed by atoms with Crippen molar-refractivity contribution in [2.24, 2.45) is 5.92 Å². The van der Waals surface area contributed by atoms with Crippen LogP contribution >= 0.6 is 11.6 Å². The first-order valence-corrected chi connectivity index (χ1v) is 15.2. The summed E-state index contributed by atoms with van der Waals surface area (Å²) in [6.07, 6.45) is 1.38. The molecule has 40 heavy (non-hydrogen) atoms. The lowest BCUT2D eigenvalue weighted by atomic mass is 9.97. The number of ether oxygens (including phenoxy) is 1. The first kappa shape index (κ1) is 29.6. The van der Waals surface area contributed by atoms with Crippen molar-refractivity contribution in [3.05, 3.63) is 90.0 Å². The average Bonchev–Trinajstić information content (AvgIpc) is 2.97. The van der Waals surface area contributed by atoms with Crippen molar-refractivity contribution < 1.29 is 22.7 Å². The van der Waals surface area contributed by atoms with Crippen LogP contribution in [0.15, 0.2) is 83.8 Å². The molecule has 212 valence electrons. The van der Waals surface area contributed by atoms with Crippen LogP contribution in [-0.2, 0) is 24.3 Å². The molecule has 8 nitrogen and oxygen atoms in total. The minimum atomic E-state index is -4.06. The van der Waals surface area contributed by atoms with Crippen molar-refractivity contribution in [3.63, 3.8) is 0 Å². The van der Waals surface area contributed by atoms with Crippen molar-refractivity contribution in [1.29, 1.82) is 0 Å². The second-order valence-electron chi connectivity index (χ2n) is 9.74. The fourth-order valence-corrected chi connectivity index (χ4v) is 6.48. The molecular weight excluding hydrogens is 550 g/mol. The molecule has 1 aliphatic rings. The smallest absolute Gasteiger partial charge is 0.310 e. The SMILES string of the molecule is CCOC(=O)[C@@H]1CCCN(c2ccc(NC(=O)[C@@H](Cl)c3ccccc3)cc2S(=O)(=O)N[C@@H](C)c2ccccc2)C1. The molecule has 0 spiro atoms. The molecule has 4 rings (SSSR count). The van der Waals surface area contributed by atoms with Crippen LogP contribution in [-0.4, -0.2) is 40.0 Å². The number of hydrogen-bond acceptors (Lipinski definition) is 6. The molecule has 3 aromatic rings. The summed E-state index contributed by atoms with van der Waals surface area (Å²) in [4.78, 5) is 27.3. The second kappa shape index (κ2) is 13.3. The molecule has 0 saturated carbocycles. The summed E-state index contributed by atoms with van der Waals surface area (Å²) in [6.45, 7) is 4.73. The Morgan fingerprint density at radius 2 is 1.68 bits per heavy atom. The van der Waals surface area contributed by atoms with Gasteiger partial charge in [0.25, 0.3) is 0 Å². The van der Waals surface area contributed by atoms with Gasteiger partial charge in [-0.15, -0.1) is 11.6 Å². The molecule has 0 bridgehead atoms. The van der Waals surface area contributed by atoms with Crippen LogP contribution in [0.25, 0.3) is 0 Å². The summed E-state index contributed by atoms with van der Waals surface area (Å²) in [6, 6.07) is 22.4. The van der Waals surface area contributed by atoms with Gasteiger partial charge in [0.2, 0.25) is 15.9 Å². The van der Waals surface area contributed by atoms with Crippen LogP contribution in [0, 0.1) is 5.92 Å².